The molecule has 0 spiro atoms. The highest BCUT2D eigenvalue weighted by Crippen LogP contribution is 2.30. The first kappa shape index (κ1) is 18.9. The minimum atomic E-state index is -0.481. The van der Waals surface area contributed by atoms with E-state index in [0.717, 1.165) is 22.1 Å². The Kier molecular flexibility index (Phi) is 4.89. The molecule has 2 aromatic carbocycles. The summed E-state index contributed by atoms with van der Waals surface area (Å²) in [5.41, 5.74) is 3.49. The van der Waals surface area contributed by atoms with Gasteiger partial charge in [-0.2, -0.15) is 0 Å². The van der Waals surface area contributed by atoms with Crippen LogP contribution in [0.2, 0.25) is 0 Å². The fraction of sp³-hybridized carbons (Fsp3) is 0.150. The van der Waals surface area contributed by atoms with Crippen LogP contribution < -0.4 is 5.63 Å². The Morgan fingerprint density at radius 2 is 1.86 bits per heavy atom. The molecule has 0 bridgehead atoms. The molecule has 0 unspecified atom stereocenters. The minimum Gasteiger partial charge on any atom is -0.423 e. The number of fused-ring (bicyclic) bond motifs is 1. The third-order valence-electron chi connectivity index (χ3n) is 4.51. The van der Waals surface area contributed by atoms with Gasteiger partial charge in [-0.1, -0.05) is 17.8 Å². The van der Waals surface area contributed by atoms with Crippen LogP contribution in [0.5, 0.6) is 0 Å². The van der Waals surface area contributed by atoms with E-state index >= 15 is 0 Å². The van der Waals surface area contributed by atoms with Gasteiger partial charge in [-0.15, -0.1) is 10.2 Å². The zero-order valence-corrected chi connectivity index (χ0v) is 16.4. The fourth-order valence-electron chi connectivity index (χ4n) is 2.88. The number of rotatable bonds is 5. The summed E-state index contributed by atoms with van der Waals surface area (Å²) < 4.78 is 10.9. The lowest BCUT2D eigenvalue weighted by Gasteiger charge is -2.07. The van der Waals surface area contributed by atoms with Gasteiger partial charge >= 0.3 is 5.63 Å². The first-order valence-corrected chi connectivity index (χ1v) is 9.64. The summed E-state index contributed by atoms with van der Waals surface area (Å²) in [5.74, 6) is 0.626. The Labute approximate surface area is 168 Å². The number of nitro benzene ring substituents is 1. The van der Waals surface area contributed by atoms with Crippen LogP contribution >= 0.6 is 11.8 Å². The maximum atomic E-state index is 11.9. The molecule has 0 atom stereocenters. The van der Waals surface area contributed by atoms with Gasteiger partial charge in [0.1, 0.15) is 5.58 Å². The van der Waals surface area contributed by atoms with Crippen LogP contribution in [0.4, 0.5) is 5.69 Å². The lowest BCUT2D eigenvalue weighted by molar-refractivity contribution is -0.384. The van der Waals surface area contributed by atoms with Crippen molar-refractivity contribution < 1.29 is 13.8 Å². The monoisotopic (exact) mass is 409 g/mol. The summed E-state index contributed by atoms with van der Waals surface area (Å²) in [5, 5.41) is 20.0. The predicted octanol–water partition coefficient (Wildman–Crippen LogP) is 4.66. The van der Waals surface area contributed by atoms with Crippen molar-refractivity contribution in [2.75, 3.05) is 0 Å². The van der Waals surface area contributed by atoms with Gasteiger partial charge in [0.15, 0.2) is 0 Å². The van der Waals surface area contributed by atoms with E-state index in [1.807, 2.05) is 26.0 Å². The van der Waals surface area contributed by atoms with E-state index in [9.17, 15) is 14.9 Å². The number of benzene rings is 2. The molecule has 4 aromatic rings. The van der Waals surface area contributed by atoms with Gasteiger partial charge in [-0.05, 0) is 48.7 Å². The molecule has 2 aromatic heterocycles. The Morgan fingerprint density at radius 3 is 2.66 bits per heavy atom. The maximum Gasteiger partial charge on any atom is 0.336 e. The molecule has 4 rings (SSSR count). The third kappa shape index (κ3) is 3.90. The lowest BCUT2D eigenvalue weighted by atomic mass is 10.0. The van der Waals surface area contributed by atoms with Crippen LogP contribution in [0, 0.1) is 24.0 Å². The second kappa shape index (κ2) is 7.51. The van der Waals surface area contributed by atoms with Gasteiger partial charge in [-0.3, -0.25) is 10.1 Å². The largest absolute Gasteiger partial charge is 0.423 e. The standard InChI is InChI=1S/C20H15N3O5S/c1-11-6-16-14(9-18(24)27-17(16)7-12(11)2)10-29-20-22-21-19(28-20)13-4-3-5-15(8-13)23(25)26/h3-9H,10H2,1-2H3. The first-order chi connectivity index (χ1) is 13.9. The molecular weight excluding hydrogens is 394 g/mol. The van der Waals surface area contributed by atoms with Crippen LogP contribution in [0.1, 0.15) is 16.7 Å². The Morgan fingerprint density at radius 1 is 1.07 bits per heavy atom. The molecule has 0 aliphatic heterocycles. The van der Waals surface area contributed by atoms with E-state index in [4.69, 9.17) is 8.83 Å². The topological polar surface area (TPSA) is 112 Å². The normalized spacial score (nSPS) is 11.1. The predicted molar refractivity (Wildman–Crippen MR) is 108 cm³/mol. The van der Waals surface area contributed by atoms with Gasteiger partial charge in [0.25, 0.3) is 10.9 Å². The summed E-state index contributed by atoms with van der Waals surface area (Å²) in [6.07, 6.45) is 0. The average Bonchev–Trinajstić information content (AvgIpc) is 3.16. The molecule has 0 fully saturated rings. The number of nitrogens with zero attached hydrogens (tertiary/aromatic N) is 3. The number of non-ortho nitro benzene ring substituents is 1. The van der Waals surface area contributed by atoms with Crippen molar-refractivity contribution in [3.05, 3.63) is 79.7 Å². The van der Waals surface area contributed by atoms with Crippen LogP contribution in [0.25, 0.3) is 22.4 Å². The smallest absolute Gasteiger partial charge is 0.336 e. The molecule has 0 N–H and O–H groups in total. The first-order valence-electron chi connectivity index (χ1n) is 8.66. The fourth-order valence-corrected chi connectivity index (χ4v) is 3.63. The Bertz CT molecular complexity index is 1300. The van der Waals surface area contributed by atoms with Crippen LogP contribution in [0.3, 0.4) is 0 Å². The van der Waals surface area contributed by atoms with Crippen LogP contribution in [0.15, 0.2) is 61.3 Å². The highest BCUT2D eigenvalue weighted by atomic mass is 32.2. The van der Waals surface area contributed by atoms with E-state index in [0.29, 0.717) is 22.1 Å². The Hall–Kier alpha value is -3.46. The molecule has 0 aliphatic rings. The summed E-state index contributed by atoms with van der Waals surface area (Å²) in [6, 6.07) is 11.3. The highest BCUT2D eigenvalue weighted by molar-refractivity contribution is 7.98. The molecule has 0 radical (unpaired) electrons. The zero-order chi connectivity index (χ0) is 20.5. The molecule has 8 nitrogen and oxygen atoms in total. The van der Waals surface area contributed by atoms with Gasteiger partial charge in [-0.25, -0.2) is 4.79 Å². The second-order valence-corrected chi connectivity index (χ2v) is 7.42. The van der Waals surface area contributed by atoms with Crippen LogP contribution in [-0.4, -0.2) is 15.1 Å². The van der Waals surface area contributed by atoms with Crippen molar-refractivity contribution in [2.45, 2.75) is 24.8 Å². The van der Waals surface area contributed by atoms with Crippen molar-refractivity contribution in [1.29, 1.82) is 0 Å². The lowest BCUT2D eigenvalue weighted by Crippen LogP contribution is -2.00. The third-order valence-corrected chi connectivity index (χ3v) is 5.37. The molecule has 146 valence electrons. The van der Waals surface area contributed by atoms with E-state index in [1.54, 1.807) is 12.1 Å². The average molecular weight is 409 g/mol. The quantitative estimate of drug-likeness (QED) is 0.202. The van der Waals surface area contributed by atoms with Crippen molar-refractivity contribution >= 4 is 28.4 Å². The van der Waals surface area contributed by atoms with Gasteiger partial charge in [0.2, 0.25) is 5.89 Å². The molecule has 0 amide bonds. The summed E-state index contributed by atoms with van der Waals surface area (Å²) in [4.78, 5) is 22.4. The van der Waals surface area contributed by atoms with Crippen molar-refractivity contribution in [2.24, 2.45) is 0 Å². The zero-order valence-electron chi connectivity index (χ0n) is 15.5. The molecule has 0 aliphatic carbocycles. The minimum absolute atomic E-state index is 0.0527. The number of aromatic nitrogens is 2. The Balaban J connectivity index is 1.59. The highest BCUT2D eigenvalue weighted by Gasteiger charge is 2.14. The molecule has 29 heavy (non-hydrogen) atoms. The van der Waals surface area contributed by atoms with Crippen molar-refractivity contribution in [3.8, 4) is 11.5 Å². The number of thioether (sulfide) groups is 1. The van der Waals surface area contributed by atoms with Gasteiger partial charge in [0.05, 0.1) is 4.92 Å². The molecule has 2 heterocycles. The molecule has 0 saturated carbocycles. The number of hydrogen-bond donors (Lipinski definition) is 0. The number of aryl methyl sites for hydroxylation is 2. The maximum absolute atomic E-state index is 11.9. The number of nitro groups is 1. The van der Waals surface area contributed by atoms with E-state index in [2.05, 4.69) is 10.2 Å². The number of hydrogen-bond acceptors (Lipinski definition) is 8. The second-order valence-electron chi connectivity index (χ2n) is 6.49. The van der Waals surface area contributed by atoms with E-state index < -0.39 is 10.5 Å². The van der Waals surface area contributed by atoms with Crippen molar-refractivity contribution in [3.63, 3.8) is 0 Å². The molecular formula is C20H15N3O5S. The van der Waals surface area contributed by atoms with Gasteiger partial charge in [0, 0.05) is 34.9 Å². The van der Waals surface area contributed by atoms with E-state index in [-0.39, 0.29) is 11.6 Å². The summed E-state index contributed by atoms with van der Waals surface area (Å²) in [7, 11) is 0. The molecule has 0 saturated heterocycles. The summed E-state index contributed by atoms with van der Waals surface area (Å²) >= 11 is 1.28. The van der Waals surface area contributed by atoms with Crippen LogP contribution in [-0.2, 0) is 5.75 Å². The van der Waals surface area contributed by atoms with E-state index in [1.165, 1.54) is 30.0 Å². The molecule has 9 heteroatoms. The van der Waals surface area contributed by atoms with Crippen molar-refractivity contribution in [1.82, 2.24) is 10.2 Å². The summed E-state index contributed by atoms with van der Waals surface area (Å²) in [6.45, 7) is 3.96. The SMILES string of the molecule is Cc1cc2oc(=O)cc(CSc3nnc(-c4cccc([N+](=O)[O-])c4)o3)c2cc1C. The van der Waals surface area contributed by atoms with Gasteiger partial charge < -0.3 is 8.83 Å².